The molecule has 2 unspecified atom stereocenters. The van der Waals surface area contributed by atoms with E-state index < -0.39 is 4.33 Å². The lowest BCUT2D eigenvalue weighted by molar-refractivity contribution is -0.133. The summed E-state index contributed by atoms with van der Waals surface area (Å²) in [7, 11) is 0. The SMILES string of the molecule is CC(OCc1ccccc1)C1CC(=O)C1(Cl)Cl. The first kappa shape index (κ1) is 12.9. The van der Waals surface area contributed by atoms with E-state index >= 15 is 0 Å². The summed E-state index contributed by atoms with van der Waals surface area (Å²) in [6.45, 7) is 2.41. The van der Waals surface area contributed by atoms with Crippen molar-refractivity contribution < 1.29 is 9.53 Å². The average molecular weight is 273 g/mol. The van der Waals surface area contributed by atoms with Gasteiger partial charge in [0.25, 0.3) is 0 Å². The number of ketones is 1. The first-order chi connectivity index (χ1) is 8.01. The summed E-state index contributed by atoms with van der Waals surface area (Å²) < 4.78 is 4.44. The van der Waals surface area contributed by atoms with Crippen LogP contribution in [0.3, 0.4) is 0 Å². The van der Waals surface area contributed by atoms with Gasteiger partial charge in [-0.3, -0.25) is 4.79 Å². The molecule has 0 bridgehead atoms. The van der Waals surface area contributed by atoms with Crippen LogP contribution in [-0.4, -0.2) is 16.2 Å². The van der Waals surface area contributed by atoms with Crippen molar-refractivity contribution >= 4 is 29.0 Å². The summed E-state index contributed by atoms with van der Waals surface area (Å²) in [5, 5.41) is 0. The highest BCUT2D eigenvalue weighted by atomic mass is 35.5. The molecule has 0 spiro atoms. The summed E-state index contributed by atoms with van der Waals surface area (Å²) >= 11 is 11.9. The zero-order valence-corrected chi connectivity index (χ0v) is 11.0. The summed E-state index contributed by atoms with van der Waals surface area (Å²) in [5.74, 6) is -0.219. The van der Waals surface area contributed by atoms with Crippen LogP contribution in [0.5, 0.6) is 0 Å². The minimum Gasteiger partial charge on any atom is -0.373 e. The molecule has 1 saturated carbocycles. The summed E-state index contributed by atoms with van der Waals surface area (Å²) in [4.78, 5) is 11.2. The molecule has 1 aliphatic carbocycles. The molecule has 2 atom stereocenters. The van der Waals surface area contributed by atoms with Gasteiger partial charge in [0.1, 0.15) is 0 Å². The lowest BCUT2D eigenvalue weighted by atomic mass is 9.79. The highest BCUT2D eigenvalue weighted by molar-refractivity contribution is 6.60. The number of carbonyl (C=O) groups excluding carboxylic acids is 1. The van der Waals surface area contributed by atoms with Crippen LogP contribution >= 0.6 is 23.2 Å². The molecule has 92 valence electrons. The molecule has 17 heavy (non-hydrogen) atoms. The molecule has 2 nitrogen and oxygen atoms in total. The molecule has 1 fully saturated rings. The normalized spacial score (nSPS) is 24.2. The van der Waals surface area contributed by atoms with Crippen molar-refractivity contribution in [1.82, 2.24) is 0 Å². The van der Waals surface area contributed by atoms with Gasteiger partial charge in [0, 0.05) is 12.3 Å². The summed E-state index contributed by atoms with van der Waals surface area (Å²) in [6, 6.07) is 9.87. The molecule has 2 rings (SSSR count). The highest BCUT2D eigenvalue weighted by Gasteiger charge is 2.55. The van der Waals surface area contributed by atoms with E-state index in [1.807, 2.05) is 37.3 Å². The van der Waals surface area contributed by atoms with Crippen LogP contribution in [0.1, 0.15) is 18.9 Å². The summed E-state index contributed by atoms with van der Waals surface area (Å²) in [5.41, 5.74) is 1.10. The first-order valence-electron chi connectivity index (χ1n) is 5.58. The van der Waals surface area contributed by atoms with Crippen LogP contribution < -0.4 is 0 Å². The Morgan fingerprint density at radius 1 is 1.41 bits per heavy atom. The highest BCUT2D eigenvalue weighted by Crippen LogP contribution is 2.47. The van der Waals surface area contributed by atoms with Crippen molar-refractivity contribution in [3.63, 3.8) is 0 Å². The van der Waals surface area contributed by atoms with Crippen molar-refractivity contribution in [2.24, 2.45) is 5.92 Å². The molecule has 0 radical (unpaired) electrons. The van der Waals surface area contributed by atoms with Gasteiger partial charge in [-0.1, -0.05) is 53.5 Å². The van der Waals surface area contributed by atoms with Crippen LogP contribution in [0.2, 0.25) is 0 Å². The van der Waals surface area contributed by atoms with Crippen molar-refractivity contribution in [3.8, 4) is 0 Å². The molecule has 0 amide bonds. The molecule has 0 N–H and O–H groups in total. The minimum absolute atomic E-state index is 0.109. The zero-order chi connectivity index (χ0) is 12.5. The molecule has 1 aliphatic rings. The van der Waals surface area contributed by atoms with Crippen molar-refractivity contribution in [2.75, 3.05) is 0 Å². The van der Waals surface area contributed by atoms with E-state index in [1.54, 1.807) is 0 Å². The number of rotatable bonds is 4. The van der Waals surface area contributed by atoms with E-state index in [9.17, 15) is 4.79 Å². The Balaban J connectivity index is 1.87. The topological polar surface area (TPSA) is 26.3 Å². The number of carbonyl (C=O) groups is 1. The second kappa shape index (κ2) is 4.97. The number of hydrogen-bond acceptors (Lipinski definition) is 2. The average Bonchev–Trinajstić information content (AvgIpc) is 2.34. The Morgan fingerprint density at radius 3 is 2.59 bits per heavy atom. The molecule has 0 aromatic heterocycles. The van der Waals surface area contributed by atoms with Gasteiger partial charge in [0.2, 0.25) is 0 Å². The third kappa shape index (κ3) is 2.65. The van der Waals surface area contributed by atoms with Crippen LogP contribution in [0.25, 0.3) is 0 Å². The maximum Gasteiger partial charge on any atom is 0.181 e. The second-order valence-corrected chi connectivity index (χ2v) is 5.74. The van der Waals surface area contributed by atoms with Gasteiger partial charge < -0.3 is 4.74 Å². The van der Waals surface area contributed by atoms with Gasteiger partial charge in [-0.05, 0) is 12.5 Å². The van der Waals surface area contributed by atoms with Gasteiger partial charge >= 0.3 is 0 Å². The molecular formula is C13H14Cl2O2. The van der Waals surface area contributed by atoms with E-state index in [4.69, 9.17) is 27.9 Å². The lowest BCUT2D eigenvalue weighted by Crippen LogP contribution is -2.52. The van der Waals surface area contributed by atoms with E-state index in [-0.39, 0.29) is 17.8 Å². The number of Topliss-reactive ketones (excluding diaryl/α,β-unsaturated/α-hetero) is 1. The van der Waals surface area contributed by atoms with Crippen LogP contribution in [-0.2, 0) is 16.1 Å². The van der Waals surface area contributed by atoms with Crippen LogP contribution in [0.15, 0.2) is 30.3 Å². The van der Waals surface area contributed by atoms with Gasteiger partial charge in [-0.2, -0.15) is 0 Å². The number of benzene rings is 1. The monoisotopic (exact) mass is 272 g/mol. The smallest absolute Gasteiger partial charge is 0.181 e. The zero-order valence-electron chi connectivity index (χ0n) is 9.53. The van der Waals surface area contributed by atoms with Gasteiger partial charge in [-0.15, -0.1) is 0 Å². The van der Waals surface area contributed by atoms with Crippen LogP contribution in [0, 0.1) is 5.92 Å². The maximum atomic E-state index is 11.2. The molecule has 1 aromatic rings. The maximum absolute atomic E-state index is 11.2. The quantitative estimate of drug-likeness (QED) is 0.786. The predicted octanol–water partition coefficient (Wildman–Crippen LogP) is 3.35. The van der Waals surface area contributed by atoms with Gasteiger partial charge in [0.15, 0.2) is 10.1 Å². The molecule has 0 heterocycles. The third-order valence-electron chi connectivity index (χ3n) is 3.17. The van der Waals surface area contributed by atoms with Crippen molar-refractivity contribution in [2.45, 2.75) is 30.4 Å². The minimum atomic E-state index is -1.25. The Kier molecular flexibility index (Phi) is 3.76. The number of halogens is 2. The molecular weight excluding hydrogens is 259 g/mol. The lowest BCUT2D eigenvalue weighted by Gasteiger charge is -2.41. The third-order valence-corrected chi connectivity index (χ3v) is 4.15. The van der Waals surface area contributed by atoms with Gasteiger partial charge in [0.05, 0.1) is 12.7 Å². The fraction of sp³-hybridized carbons (Fsp3) is 0.462. The first-order valence-corrected chi connectivity index (χ1v) is 6.34. The van der Waals surface area contributed by atoms with Crippen molar-refractivity contribution in [3.05, 3.63) is 35.9 Å². The Hall–Kier alpha value is -0.570. The number of alkyl halides is 2. The molecule has 1 aromatic carbocycles. The van der Waals surface area contributed by atoms with Crippen molar-refractivity contribution in [1.29, 1.82) is 0 Å². The Morgan fingerprint density at radius 2 is 2.06 bits per heavy atom. The molecule has 0 saturated heterocycles. The molecule has 4 heteroatoms. The second-order valence-electron chi connectivity index (χ2n) is 4.36. The number of ether oxygens (including phenoxy) is 1. The summed E-state index contributed by atoms with van der Waals surface area (Å²) in [6.07, 6.45) is 0.283. The Labute approximate surface area is 111 Å². The number of hydrogen-bond donors (Lipinski definition) is 0. The fourth-order valence-electron chi connectivity index (χ4n) is 1.92. The van der Waals surface area contributed by atoms with E-state index in [2.05, 4.69) is 0 Å². The predicted molar refractivity (Wildman–Crippen MR) is 68.2 cm³/mol. The van der Waals surface area contributed by atoms with E-state index in [0.717, 1.165) is 5.56 Å². The fourth-order valence-corrected chi connectivity index (χ4v) is 2.58. The standard InChI is InChI=1S/C13H14Cl2O2/c1-9(11-7-12(16)13(11,14)15)17-8-10-5-3-2-4-6-10/h2-6,9,11H,7-8H2,1H3. The van der Waals surface area contributed by atoms with E-state index in [1.165, 1.54) is 0 Å². The van der Waals surface area contributed by atoms with E-state index in [0.29, 0.717) is 13.0 Å². The Bertz CT molecular complexity index is 403. The van der Waals surface area contributed by atoms with Crippen LogP contribution in [0.4, 0.5) is 0 Å². The van der Waals surface area contributed by atoms with Gasteiger partial charge in [-0.25, -0.2) is 0 Å². The largest absolute Gasteiger partial charge is 0.373 e. The molecule has 0 aliphatic heterocycles.